The maximum atomic E-state index is 11.2. The molecule has 0 bridgehead atoms. The van der Waals surface area contributed by atoms with Crippen molar-refractivity contribution in [2.45, 2.75) is 11.8 Å². The normalized spacial score (nSPS) is 10.2. The maximum absolute atomic E-state index is 11.2. The molecule has 12 heavy (non-hydrogen) atoms. The smallest absolute Gasteiger partial charge is 0.357 e. The Morgan fingerprint density at radius 3 is 2.50 bits per heavy atom. The fourth-order valence-corrected chi connectivity index (χ4v) is 1.50. The standard InChI is InChI=1S/C6H6ClNO3S/c1-3-4(12-2)5(9)8(11-3)6(7)10/h1-2H3. The molecule has 0 radical (unpaired) electrons. The van der Waals surface area contributed by atoms with Crippen LogP contribution in [0.2, 0.25) is 0 Å². The van der Waals surface area contributed by atoms with Gasteiger partial charge in [0.1, 0.15) is 10.7 Å². The van der Waals surface area contributed by atoms with Crippen molar-refractivity contribution < 1.29 is 9.32 Å². The number of carbonyl (C=O) groups is 1. The summed E-state index contributed by atoms with van der Waals surface area (Å²) < 4.78 is 5.33. The first-order valence-electron chi connectivity index (χ1n) is 3.04. The lowest BCUT2D eigenvalue weighted by Gasteiger charge is -1.85. The highest BCUT2D eigenvalue weighted by atomic mass is 35.5. The highest BCUT2D eigenvalue weighted by molar-refractivity contribution is 7.98. The van der Waals surface area contributed by atoms with Crippen LogP contribution in [0.5, 0.6) is 0 Å². The van der Waals surface area contributed by atoms with Crippen LogP contribution in [-0.4, -0.2) is 16.4 Å². The minimum absolute atomic E-state index is 0.404. The summed E-state index contributed by atoms with van der Waals surface area (Å²) >= 11 is 6.29. The molecule has 0 N–H and O–H groups in total. The van der Waals surface area contributed by atoms with Gasteiger partial charge in [0.25, 0.3) is 0 Å². The topological polar surface area (TPSA) is 52.2 Å². The molecule has 0 amide bonds. The van der Waals surface area contributed by atoms with Gasteiger partial charge in [0.05, 0.1) is 0 Å². The summed E-state index contributed by atoms with van der Waals surface area (Å²) in [5.74, 6) is 0.404. The number of halogens is 1. The Morgan fingerprint density at radius 1 is 1.67 bits per heavy atom. The third-order valence-corrected chi connectivity index (χ3v) is 2.31. The quantitative estimate of drug-likeness (QED) is 0.519. The molecule has 66 valence electrons. The maximum Gasteiger partial charge on any atom is 0.357 e. The fraction of sp³-hybridized carbons (Fsp3) is 0.333. The number of aryl methyl sites for hydroxylation is 1. The summed E-state index contributed by atoms with van der Waals surface area (Å²) in [5.41, 5.74) is -0.500. The van der Waals surface area contributed by atoms with Crippen molar-refractivity contribution in [1.29, 1.82) is 0 Å². The summed E-state index contributed by atoms with van der Waals surface area (Å²) in [7, 11) is 0. The summed E-state index contributed by atoms with van der Waals surface area (Å²) in [6.07, 6.45) is 1.72. The van der Waals surface area contributed by atoms with Crippen molar-refractivity contribution in [1.82, 2.24) is 4.74 Å². The van der Waals surface area contributed by atoms with Crippen LogP contribution >= 0.6 is 23.4 Å². The molecule has 1 aromatic rings. The Balaban J connectivity index is 3.37. The number of thioether (sulfide) groups is 1. The third kappa shape index (κ3) is 1.42. The van der Waals surface area contributed by atoms with Crippen LogP contribution in [-0.2, 0) is 0 Å². The minimum atomic E-state index is -0.927. The van der Waals surface area contributed by atoms with Crippen LogP contribution in [0.15, 0.2) is 14.2 Å². The largest absolute Gasteiger partial charge is 0.371 e. The van der Waals surface area contributed by atoms with Crippen LogP contribution < -0.4 is 5.56 Å². The van der Waals surface area contributed by atoms with Gasteiger partial charge < -0.3 is 4.52 Å². The first-order valence-corrected chi connectivity index (χ1v) is 4.65. The zero-order valence-electron chi connectivity index (χ0n) is 6.46. The summed E-state index contributed by atoms with van der Waals surface area (Å²) in [6, 6.07) is 0. The average Bonchev–Trinajstić information content (AvgIpc) is 2.27. The molecule has 4 nitrogen and oxygen atoms in total. The SMILES string of the molecule is CSc1c(C)on(C(=O)Cl)c1=O. The van der Waals surface area contributed by atoms with Gasteiger partial charge in [-0.05, 0) is 24.8 Å². The lowest BCUT2D eigenvalue weighted by Crippen LogP contribution is -2.18. The molecule has 0 unspecified atom stereocenters. The molecule has 0 aliphatic carbocycles. The van der Waals surface area contributed by atoms with Crippen molar-refractivity contribution >= 4 is 28.7 Å². The van der Waals surface area contributed by atoms with Crippen LogP contribution in [0.25, 0.3) is 0 Å². The van der Waals surface area contributed by atoms with Crippen LogP contribution in [0.1, 0.15) is 5.76 Å². The number of nitrogens with zero attached hydrogens (tertiary/aromatic N) is 1. The van der Waals surface area contributed by atoms with Crippen molar-refractivity contribution in [3.05, 3.63) is 16.1 Å². The highest BCUT2D eigenvalue weighted by Gasteiger charge is 2.15. The van der Waals surface area contributed by atoms with E-state index in [-0.39, 0.29) is 0 Å². The Kier molecular flexibility index (Phi) is 2.64. The van der Waals surface area contributed by atoms with Gasteiger partial charge >= 0.3 is 10.9 Å². The summed E-state index contributed by atoms with van der Waals surface area (Å²) in [4.78, 5) is 22.2. The molecule has 0 aliphatic rings. The predicted molar refractivity (Wildman–Crippen MR) is 46.1 cm³/mol. The zero-order valence-corrected chi connectivity index (χ0v) is 8.03. The van der Waals surface area contributed by atoms with Crippen LogP contribution in [0.4, 0.5) is 4.79 Å². The monoisotopic (exact) mass is 207 g/mol. The van der Waals surface area contributed by atoms with E-state index in [0.29, 0.717) is 15.4 Å². The van der Waals surface area contributed by atoms with Gasteiger partial charge in [0.2, 0.25) is 0 Å². The zero-order chi connectivity index (χ0) is 9.30. The highest BCUT2D eigenvalue weighted by Crippen LogP contribution is 2.15. The van der Waals surface area contributed by atoms with E-state index in [0.717, 1.165) is 0 Å². The Labute approximate surface area is 77.5 Å². The van der Waals surface area contributed by atoms with E-state index in [1.807, 2.05) is 0 Å². The second kappa shape index (κ2) is 3.37. The summed E-state index contributed by atoms with van der Waals surface area (Å²) in [6.45, 7) is 1.60. The van der Waals surface area contributed by atoms with Crippen molar-refractivity contribution in [2.24, 2.45) is 0 Å². The van der Waals surface area contributed by atoms with E-state index >= 15 is 0 Å². The van der Waals surface area contributed by atoms with E-state index in [1.165, 1.54) is 11.8 Å². The molecule has 0 spiro atoms. The molecule has 1 aromatic heterocycles. The first kappa shape index (κ1) is 9.41. The second-order valence-corrected chi connectivity index (χ2v) is 3.17. The van der Waals surface area contributed by atoms with Crippen molar-refractivity contribution in [3.63, 3.8) is 0 Å². The molecule has 6 heteroatoms. The van der Waals surface area contributed by atoms with E-state index in [9.17, 15) is 9.59 Å². The predicted octanol–water partition coefficient (Wildman–Crippen LogP) is 1.68. The van der Waals surface area contributed by atoms with Gasteiger partial charge in [-0.2, -0.15) is 0 Å². The van der Waals surface area contributed by atoms with Gasteiger partial charge in [0, 0.05) is 0 Å². The lowest BCUT2D eigenvalue weighted by molar-refractivity contribution is 0.226. The third-order valence-electron chi connectivity index (χ3n) is 1.29. The molecule has 0 aromatic carbocycles. The van der Waals surface area contributed by atoms with Crippen molar-refractivity contribution in [2.75, 3.05) is 6.26 Å². The molecule has 0 saturated carbocycles. The van der Waals surface area contributed by atoms with Crippen LogP contribution in [0.3, 0.4) is 0 Å². The molecule has 0 atom stereocenters. The van der Waals surface area contributed by atoms with Gasteiger partial charge in [-0.25, -0.2) is 0 Å². The number of carbonyl (C=O) groups excluding carboxylic acids is 1. The number of hydrogen-bond acceptors (Lipinski definition) is 4. The lowest BCUT2D eigenvalue weighted by atomic mass is 10.5. The van der Waals surface area contributed by atoms with Crippen molar-refractivity contribution in [3.8, 4) is 0 Å². The Bertz CT molecular complexity index is 367. The van der Waals surface area contributed by atoms with Gasteiger partial charge in [-0.3, -0.25) is 9.59 Å². The Morgan fingerprint density at radius 2 is 2.25 bits per heavy atom. The van der Waals surface area contributed by atoms with Gasteiger partial charge in [-0.15, -0.1) is 11.8 Å². The fourth-order valence-electron chi connectivity index (χ4n) is 0.809. The number of rotatable bonds is 1. The molecular formula is C6H6ClNO3S. The number of hydrogen-bond donors (Lipinski definition) is 0. The minimum Gasteiger partial charge on any atom is -0.371 e. The first-order chi connectivity index (χ1) is 5.57. The van der Waals surface area contributed by atoms with E-state index in [1.54, 1.807) is 13.2 Å². The Hall–Kier alpha value is -0.680. The van der Waals surface area contributed by atoms with Gasteiger partial charge in [-0.1, -0.05) is 4.74 Å². The van der Waals surface area contributed by atoms with Gasteiger partial charge in [0.15, 0.2) is 0 Å². The summed E-state index contributed by atoms with van der Waals surface area (Å²) in [5, 5.41) is -0.927. The van der Waals surface area contributed by atoms with E-state index < -0.39 is 10.9 Å². The van der Waals surface area contributed by atoms with E-state index in [4.69, 9.17) is 16.1 Å². The number of aromatic nitrogens is 1. The second-order valence-electron chi connectivity index (χ2n) is 2.03. The molecule has 1 heterocycles. The van der Waals surface area contributed by atoms with Crippen LogP contribution in [0, 0.1) is 6.92 Å². The van der Waals surface area contributed by atoms with E-state index in [2.05, 4.69) is 0 Å². The molecule has 0 aliphatic heterocycles. The average molecular weight is 208 g/mol. The molecule has 0 fully saturated rings. The molecule has 1 rings (SSSR count). The molecular weight excluding hydrogens is 202 g/mol. The molecule has 0 saturated heterocycles.